The van der Waals surface area contributed by atoms with Crippen LogP contribution in [0.15, 0.2) is 0 Å². The number of carbonyl (C=O) groups excluding carboxylic acids is 5. The molecule has 7 heterocycles. The first-order valence-corrected chi connectivity index (χ1v) is 23.2. The van der Waals surface area contributed by atoms with Gasteiger partial charge in [0.25, 0.3) is 0 Å². The summed E-state index contributed by atoms with van der Waals surface area (Å²) in [5.74, 6) is 1.35. The van der Waals surface area contributed by atoms with Crippen molar-refractivity contribution >= 4 is 29.7 Å². The predicted octanol–water partition coefficient (Wildman–Crippen LogP) is -0.573. The monoisotopic (exact) mass is 827 g/mol. The number of likely N-dealkylation sites (tertiary alicyclic amines) is 3. The SMILES string of the molecule is CN1CCNC1=O.NC(=O)C1NCC(N2CCCCC2)NC1NC1CCC(C2CCN(CC3CCN(C4CCC(C(=O)NC5CCC(=O)NC5=O)NC4)CC3)CC2)CC1. The predicted molar refractivity (Wildman–Crippen MR) is 225 cm³/mol. The molecule has 17 nitrogen and oxygen atoms in total. The molecule has 9 N–H and O–H groups in total. The molecule has 0 aromatic heterocycles. The van der Waals surface area contributed by atoms with E-state index >= 15 is 0 Å². The van der Waals surface area contributed by atoms with Crippen LogP contribution in [0.3, 0.4) is 0 Å². The van der Waals surface area contributed by atoms with Gasteiger partial charge < -0.3 is 36.8 Å². The molecule has 59 heavy (non-hydrogen) atoms. The Morgan fingerprint density at radius 3 is 2.10 bits per heavy atom. The molecule has 8 fully saturated rings. The number of primary amides is 1. The van der Waals surface area contributed by atoms with Gasteiger partial charge in [0, 0.05) is 58.3 Å². The Balaban J connectivity index is 0.000000684. The molecule has 7 aliphatic heterocycles. The largest absolute Gasteiger partial charge is 0.368 e. The number of hydrogen-bond acceptors (Lipinski definition) is 12. The van der Waals surface area contributed by atoms with Crippen molar-refractivity contribution in [1.82, 2.24) is 56.8 Å². The van der Waals surface area contributed by atoms with Crippen molar-refractivity contribution in [3.63, 3.8) is 0 Å². The van der Waals surface area contributed by atoms with Crippen LogP contribution in [0.4, 0.5) is 4.79 Å². The van der Waals surface area contributed by atoms with Crippen LogP contribution in [-0.4, -0.2) is 171 Å². The van der Waals surface area contributed by atoms with Gasteiger partial charge in [-0.15, -0.1) is 0 Å². The normalized spacial score (nSPS) is 35.0. The Morgan fingerprint density at radius 2 is 1.49 bits per heavy atom. The van der Waals surface area contributed by atoms with Crippen LogP contribution in [0, 0.1) is 17.8 Å². The molecule has 0 bridgehead atoms. The molecular formula is C42H74N12O5. The molecule has 17 heteroatoms. The summed E-state index contributed by atoms with van der Waals surface area (Å²) >= 11 is 0. The molecule has 0 radical (unpaired) electrons. The standard InChI is InChI=1S/C38H66N10O4.C4H8N2O/c39-35(50)34-36(44-32(23-41-34)48-16-2-1-3-17-48)42-28-6-4-26(5-7-28)27-14-18-46(19-15-27)24-25-12-20-47(21-13-25)29-8-9-30(40-22-29)37(51)43-31-10-11-33(49)45-38(31)52;1-6-3-2-5-4(6)7/h25-32,34,36,40-42,44H,1-24H2,(H2,39,50)(H,43,51)(H,45,49,52);2-3H2,1H3,(H,5,7). The number of piperidine rings is 5. The summed E-state index contributed by atoms with van der Waals surface area (Å²) in [6.45, 7) is 11.4. The zero-order chi connectivity index (χ0) is 41.3. The summed E-state index contributed by atoms with van der Waals surface area (Å²) in [5, 5.41) is 22.3. The molecule has 7 saturated heterocycles. The van der Waals surface area contributed by atoms with Crippen molar-refractivity contribution in [2.45, 2.75) is 139 Å². The van der Waals surface area contributed by atoms with Crippen LogP contribution < -0.4 is 43.0 Å². The van der Waals surface area contributed by atoms with Gasteiger partial charge >= 0.3 is 6.03 Å². The minimum Gasteiger partial charge on any atom is -0.368 e. The van der Waals surface area contributed by atoms with Crippen LogP contribution in [0.5, 0.6) is 0 Å². The molecule has 6 amide bonds. The van der Waals surface area contributed by atoms with Gasteiger partial charge in [-0.25, -0.2) is 4.79 Å². The Bertz CT molecular complexity index is 1420. The van der Waals surface area contributed by atoms with E-state index in [9.17, 15) is 24.0 Å². The highest BCUT2D eigenvalue weighted by atomic mass is 16.2. The number of amides is 6. The van der Waals surface area contributed by atoms with Crippen molar-refractivity contribution in [3.05, 3.63) is 0 Å². The third-order valence-electron chi connectivity index (χ3n) is 14.9. The first kappa shape index (κ1) is 44.1. The van der Waals surface area contributed by atoms with Gasteiger partial charge in [0.2, 0.25) is 23.6 Å². The third kappa shape index (κ3) is 12.1. The second kappa shape index (κ2) is 21.2. The molecular weight excluding hydrogens is 753 g/mol. The minimum atomic E-state index is -0.614. The van der Waals surface area contributed by atoms with E-state index in [1.54, 1.807) is 11.9 Å². The molecule has 0 spiro atoms. The fourth-order valence-electron chi connectivity index (χ4n) is 11.1. The van der Waals surface area contributed by atoms with Crippen LogP contribution in [0.1, 0.15) is 96.3 Å². The Hall–Kier alpha value is -2.93. The van der Waals surface area contributed by atoms with Crippen molar-refractivity contribution in [2.75, 3.05) is 79.0 Å². The number of piperazine rings is 1. The smallest absolute Gasteiger partial charge is 0.317 e. The Labute approximate surface area is 351 Å². The zero-order valence-corrected chi connectivity index (χ0v) is 35.6. The number of nitrogens with zero attached hydrogens (tertiary/aromatic N) is 4. The highest BCUT2D eigenvalue weighted by molar-refractivity contribution is 6.02. The topological polar surface area (TPSA) is 209 Å². The van der Waals surface area contributed by atoms with E-state index in [-0.39, 0.29) is 54.6 Å². The summed E-state index contributed by atoms with van der Waals surface area (Å²) in [7, 11) is 1.78. The highest BCUT2D eigenvalue weighted by Crippen LogP contribution is 2.36. The van der Waals surface area contributed by atoms with Gasteiger partial charge in [0.05, 0.1) is 18.4 Å². The van der Waals surface area contributed by atoms with Crippen LogP contribution in [0.2, 0.25) is 0 Å². The van der Waals surface area contributed by atoms with Crippen LogP contribution in [0.25, 0.3) is 0 Å². The summed E-state index contributed by atoms with van der Waals surface area (Å²) in [6, 6.07) is -0.338. The maximum atomic E-state index is 12.8. The fraction of sp³-hybridized carbons (Fsp3) is 0.881. The lowest BCUT2D eigenvalue weighted by Gasteiger charge is -2.45. The summed E-state index contributed by atoms with van der Waals surface area (Å²) < 4.78 is 0. The molecule has 8 aliphatic rings. The van der Waals surface area contributed by atoms with Gasteiger partial charge in [-0.3, -0.25) is 44.9 Å². The fourth-order valence-corrected chi connectivity index (χ4v) is 11.1. The number of carbonyl (C=O) groups is 5. The first-order chi connectivity index (χ1) is 28.6. The highest BCUT2D eigenvalue weighted by Gasteiger charge is 2.39. The summed E-state index contributed by atoms with van der Waals surface area (Å²) in [5.41, 5.74) is 5.82. The van der Waals surface area contributed by atoms with Gasteiger partial charge in [-0.05, 0) is 140 Å². The Morgan fingerprint density at radius 1 is 0.763 bits per heavy atom. The van der Waals surface area contributed by atoms with Crippen LogP contribution in [-0.2, 0) is 19.2 Å². The van der Waals surface area contributed by atoms with E-state index in [1.165, 1.54) is 90.3 Å². The summed E-state index contributed by atoms with van der Waals surface area (Å²) in [4.78, 5) is 68.5. The van der Waals surface area contributed by atoms with Gasteiger partial charge in [-0.1, -0.05) is 6.42 Å². The maximum Gasteiger partial charge on any atom is 0.317 e. The molecule has 1 saturated carbocycles. The van der Waals surface area contributed by atoms with Crippen molar-refractivity contribution in [2.24, 2.45) is 23.5 Å². The molecule has 1 aliphatic carbocycles. The number of likely N-dealkylation sites (N-methyl/N-ethyl adjacent to an activating group) is 1. The molecule has 6 unspecified atom stereocenters. The van der Waals surface area contributed by atoms with Crippen molar-refractivity contribution in [1.29, 1.82) is 0 Å². The Kier molecular flexibility index (Phi) is 15.9. The maximum absolute atomic E-state index is 12.8. The van der Waals surface area contributed by atoms with Crippen LogP contribution >= 0.6 is 0 Å². The van der Waals surface area contributed by atoms with Gasteiger partial charge in [0.1, 0.15) is 12.1 Å². The average molecular weight is 827 g/mol. The van der Waals surface area contributed by atoms with Crippen molar-refractivity contribution < 1.29 is 24.0 Å². The number of hydrogen-bond donors (Lipinski definition) is 8. The molecule has 8 rings (SSSR count). The molecule has 6 atom stereocenters. The van der Waals surface area contributed by atoms with Crippen molar-refractivity contribution in [3.8, 4) is 0 Å². The minimum absolute atomic E-state index is 0.0417. The van der Waals surface area contributed by atoms with E-state index in [0.717, 1.165) is 83.0 Å². The zero-order valence-electron chi connectivity index (χ0n) is 35.6. The molecule has 332 valence electrons. The number of urea groups is 1. The summed E-state index contributed by atoms with van der Waals surface area (Å²) in [6.07, 6.45) is 16.4. The average Bonchev–Trinajstić information content (AvgIpc) is 3.64. The molecule has 0 aromatic carbocycles. The second-order valence-corrected chi connectivity index (χ2v) is 18.8. The number of rotatable bonds is 10. The lowest BCUT2D eigenvalue weighted by molar-refractivity contribution is -0.137. The third-order valence-corrected chi connectivity index (χ3v) is 14.9. The lowest BCUT2D eigenvalue weighted by Crippen LogP contribution is -2.73. The van der Waals surface area contributed by atoms with Gasteiger partial charge in [-0.2, -0.15) is 0 Å². The number of imide groups is 1. The van der Waals surface area contributed by atoms with E-state index in [0.29, 0.717) is 18.5 Å². The van der Waals surface area contributed by atoms with E-state index in [2.05, 4.69) is 51.9 Å². The van der Waals surface area contributed by atoms with E-state index in [4.69, 9.17) is 5.73 Å². The first-order valence-electron chi connectivity index (χ1n) is 23.2. The van der Waals surface area contributed by atoms with E-state index in [1.807, 2.05) is 0 Å². The number of nitrogens with one attached hydrogen (secondary N) is 7. The quantitative estimate of drug-likeness (QED) is 0.130. The lowest BCUT2D eigenvalue weighted by atomic mass is 9.74. The van der Waals surface area contributed by atoms with E-state index < -0.39 is 11.9 Å². The van der Waals surface area contributed by atoms with Gasteiger partial charge in [0.15, 0.2) is 0 Å². The second-order valence-electron chi connectivity index (χ2n) is 18.8. The number of nitrogens with two attached hydrogens (primary N) is 1. The molecule has 0 aromatic rings.